The monoisotopic (exact) mass is 396 g/mol. The van der Waals surface area contributed by atoms with E-state index in [1.54, 1.807) is 7.11 Å². The Morgan fingerprint density at radius 1 is 1.20 bits per heavy atom. The highest BCUT2D eigenvalue weighted by Gasteiger charge is 2.15. The lowest BCUT2D eigenvalue weighted by molar-refractivity contribution is 0.187. The largest absolute Gasteiger partial charge is 0.383 e. The number of rotatable bonds is 5. The molecule has 1 aromatic heterocycles. The van der Waals surface area contributed by atoms with Crippen molar-refractivity contribution >= 4 is 43.2 Å². The normalized spacial score (nSPS) is 12.8. The van der Waals surface area contributed by atoms with Crippen molar-refractivity contribution in [3.63, 3.8) is 0 Å². The maximum absolute atomic E-state index is 12.6. The van der Waals surface area contributed by atoms with Crippen molar-refractivity contribution in [2.24, 2.45) is 4.40 Å². The van der Waals surface area contributed by atoms with E-state index >= 15 is 0 Å². The van der Waals surface area contributed by atoms with Gasteiger partial charge in [0.25, 0.3) is 10.0 Å². The lowest BCUT2D eigenvalue weighted by Crippen LogP contribution is -2.19. The third kappa shape index (κ3) is 3.95. The minimum Gasteiger partial charge on any atom is -0.383 e. The number of methoxy groups -OCH3 is 1. The third-order valence-corrected chi connectivity index (χ3v) is 6.36. The molecule has 0 aliphatic rings. The fraction of sp³-hybridized carbons (Fsp3) is 0.235. The second-order valence-electron chi connectivity index (χ2n) is 5.52. The van der Waals surface area contributed by atoms with Crippen molar-refractivity contribution in [2.75, 3.05) is 13.7 Å². The number of sulfonamides is 1. The molecule has 0 saturated carbocycles. The average molecular weight is 397 g/mol. The van der Waals surface area contributed by atoms with Gasteiger partial charge in [0.05, 0.1) is 21.7 Å². The molecule has 0 spiro atoms. The molecule has 2 aromatic carbocycles. The van der Waals surface area contributed by atoms with Gasteiger partial charge in [0.15, 0.2) is 0 Å². The van der Waals surface area contributed by atoms with Crippen LogP contribution in [0.3, 0.4) is 0 Å². The van der Waals surface area contributed by atoms with Gasteiger partial charge in [0, 0.05) is 18.7 Å². The van der Waals surface area contributed by atoms with Crippen molar-refractivity contribution in [3.05, 3.63) is 57.9 Å². The molecule has 8 heteroatoms. The predicted octanol–water partition coefficient (Wildman–Crippen LogP) is 3.60. The number of aromatic nitrogens is 1. The van der Waals surface area contributed by atoms with Crippen LogP contribution in [-0.2, 0) is 21.3 Å². The van der Waals surface area contributed by atoms with E-state index in [1.807, 2.05) is 29.7 Å². The molecular weight excluding hydrogens is 380 g/mol. The number of hydrogen-bond donors (Lipinski definition) is 0. The summed E-state index contributed by atoms with van der Waals surface area (Å²) >= 11 is 7.18. The molecule has 0 amide bonds. The first-order valence-electron chi connectivity index (χ1n) is 7.56. The summed E-state index contributed by atoms with van der Waals surface area (Å²) in [6, 6.07) is 12.0. The number of benzene rings is 2. The number of nitrogens with zero attached hydrogens (tertiary/aromatic N) is 2. The number of thiazole rings is 1. The first-order valence-corrected chi connectivity index (χ1v) is 10.2. The van der Waals surface area contributed by atoms with Crippen LogP contribution in [0.25, 0.3) is 10.2 Å². The third-order valence-electron chi connectivity index (χ3n) is 3.67. The maximum Gasteiger partial charge on any atom is 0.285 e. The maximum atomic E-state index is 12.6. The summed E-state index contributed by atoms with van der Waals surface area (Å²) in [7, 11) is -2.21. The summed E-state index contributed by atoms with van der Waals surface area (Å²) in [4.78, 5) is 0.538. The summed E-state index contributed by atoms with van der Waals surface area (Å²) in [6.07, 6.45) is 0. The highest BCUT2D eigenvalue weighted by atomic mass is 35.5. The molecule has 0 radical (unpaired) electrons. The molecule has 0 bridgehead atoms. The van der Waals surface area contributed by atoms with E-state index in [4.69, 9.17) is 16.3 Å². The van der Waals surface area contributed by atoms with Gasteiger partial charge in [0.1, 0.15) is 0 Å². The van der Waals surface area contributed by atoms with Gasteiger partial charge in [-0.25, -0.2) is 0 Å². The summed E-state index contributed by atoms with van der Waals surface area (Å²) in [6.45, 7) is 2.99. The first-order chi connectivity index (χ1) is 11.9. The number of ether oxygens (including phenoxy) is 1. The molecule has 0 N–H and O–H groups in total. The number of aryl methyl sites for hydroxylation is 1. The van der Waals surface area contributed by atoms with Gasteiger partial charge in [-0.1, -0.05) is 29.0 Å². The Morgan fingerprint density at radius 3 is 2.60 bits per heavy atom. The highest BCUT2D eigenvalue weighted by molar-refractivity contribution is 7.90. The second kappa shape index (κ2) is 7.29. The van der Waals surface area contributed by atoms with E-state index in [9.17, 15) is 8.42 Å². The molecule has 3 rings (SSSR count). The Kier molecular flexibility index (Phi) is 5.29. The van der Waals surface area contributed by atoms with E-state index in [-0.39, 0.29) is 4.90 Å². The van der Waals surface area contributed by atoms with Crippen LogP contribution in [0, 0.1) is 6.92 Å². The van der Waals surface area contributed by atoms with Gasteiger partial charge in [-0.15, -0.1) is 4.40 Å². The van der Waals surface area contributed by atoms with Crippen LogP contribution in [0.15, 0.2) is 51.8 Å². The van der Waals surface area contributed by atoms with Gasteiger partial charge in [-0.2, -0.15) is 8.42 Å². The van der Waals surface area contributed by atoms with E-state index in [0.29, 0.717) is 23.0 Å². The van der Waals surface area contributed by atoms with Crippen molar-refractivity contribution in [1.29, 1.82) is 0 Å². The summed E-state index contributed by atoms with van der Waals surface area (Å²) in [5.74, 6) is 0. The van der Waals surface area contributed by atoms with Crippen molar-refractivity contribution in [3.8, 4) is 0 Å². The minimum absolute atomic E-state index is 0.115. The Morgan fingerprint density at radius 2 is 1.92 bits per heavy atom. The van der Waals surface area contributed by atoms with Crippen LogP contribution in [-0.4, -0.2) is 26.7 Å². The molecule has 0 fully saturated rings. The standard InChI is InChI=1S/C17H17ClN2O3S2/c1-12-3-8-15-16(11-12)24-17(20(15)9-10-23-2)19-25(21,22)14-6-4-13(18)5-7-14/h3-8,11H,9-10H2,1-2H3. The van der Waals surface area contributed by atoms with Crippen LogP contribution >= 0.6 is 22.9 Å². The second-order valence-corrected chi connectivity index (χ2v) is 8.57. The number of fused-ring (bicyclic) bond motifs is 1. The van der Waals surface area contributed by atoms with Crippen LogP contribution in [0.5, 0.6) is 0 Å². The highest BCUT2D eigenvalue weighted by Crippen LogP contribution is 2.20. The Balaban J connectivity index is 2.18. The molecule has 1 heterocycles. The van der Waals surface area contributed by atoms with Gasteiger partial charge in [-0.05, 0) is 48.9 Å². The molecule has 3 aromatic rings. The van der Waals surface area contributed by atoms with E-state index < -0.39 is 10.0 Å². The van der Waals surface area contributed by atoms with Crippen molar-refractivity contribution in [1.82, 2.24) is 4.57 Å². The number of hydrogen-bond acceptors (Lipinski definition) is 4. The summed E-state index contributed by atoms with van der Waals surface area (Å²) in [5, 5.41) is 0.478. The fourth-order valence-electron chi connectivity index (χ4n) is 2.41. The minimum atomic E-state index is -3.82. The van der Waals surface area contributed by atoms with Crippen LogP contribution in [0.1, 0.15) is 5.56 Å². The zero-order chi connectivity index (χ0) is 18.0. The predicted molar refractivity (Wildman–Crippen MR) is 101 cm³/mol. The van der Waals surface area contributed by atoms with Crippen LogP contribution in [0.4, 0.5) is 0 Å². The Bertz CT molecular complexity index is 1070. The zero-order valence-corrected chi connectivity index (χ0v) is 16.2. The van der Waals surface area contributed by atoms with E-state index in [1.165, 1.54) is 35.6 Å². The molecule has 132 valence electrons. The quantitative estimate of drug-likeness (QED) is 0.662. The van der Waals surface area contributed by atoms with E-state index in [2.05, 4.69) is 4.40 Å². The van der Waals surface area contributed by atoms with Crippen molar-refractivity contribution < 1.29 is 13.2 Å². The lowest BCUT2D eigenvalue weighted by atomic mass is 10.2. The van der Waals surface area contributed by atoms with Gasteiger partial charge >= 0.3 is 0 Å². The molecule has 5 nitrogen and oxygen atoms in total. The fourth-order valence-corrected chi connectivity index (χ4v) is 4.89. The molecule has 0 atom stereocenters. The number of halogens is 1. The summed E-state index contributed by atoms with van der Waals surface area (Å²) in [5.41, 5.74) is 2.05. The van der Waals surface area contributed by atoms with Crippen molar-refractivity contribution in [2.45, 2.75) is 18.4 Å². The smallest absolute Gasteiger partial charge is 0.285 e. The van der Waals surface area contributed by atoms with Crippen LogP contribution < -0.4 is 4.80 Å². The molecule has 25 heavy (non-hydrogen) atoms. The molecular formula is C17H17ClN2O3S2. The zero-order valence-electron chi connectivity index (χ0n) is 13.8. The van der Waals surface area contributed by atoms with Crippen LogP contribution in [0.2, 0.25) is 5.02 Å². The van der Waals surface area contributed by atoms with Gasteiger partial charge in [0.2, 0.25) is 4.80 Å². The van der Waals surface area contributed by atoms with Gasteiger partial charge in [-0.3, -0.25) is 0 Å². The summed E-state index contributed by atoms with van der Waals surface area (Å²) < 4.78 is 37.3. The SMILES string of the molecule is COCCn1c(=NS(=O)(=O)c2ccc(Cl)cc2)sc2cc(C)ccc21. The molecule has 0 aliphatic heterocycles. The molecule has 0 aliphatic carbocycles. The van der Waals surface area contributed by atoms with E-state index in [0.717, 1.165) is 15.8 Å². The topological polar surface area (TPSA) is 60.7 Å². The average Bonchev–Trinajstić information content (AvgIpc) is 2.88. The Hall–Kier alpha value is -1.67. The molecule has 0 saturated heterocycles. The molecule has 0 unspecified atom stereocenters. The Labute approximate surface area is 155 Å². The first kappa shape index (κ1) is 18.1. The van der Waals surface area contributed by atoms with Gasteiger partial charge < -0.3 is 9.30 Å². The lowest BCUT2D eigenvalue weighted by Gasteiger charge is -2.05.